The molecule has 0 heterocycles. The second-order valence-corrected chi connectivity index (χ2v) is 10.5. The second kappa shape index (κ2) is 8.74. The molecule has 2 aliphatic rings. The van der Waals surface area contributed by atoms with Crippen LogP contribution in [0.3, 0.4) is 0 Å². The van der Waals surface area contributed by atoms with Crippen LogP contribution in [-0.2, 0) is 23.2 Å². The summed E-state index contributed by atoms with van der Waals surface area (Å²) in [5.41, 5.74) is 8.66. The Hall–Kier alpha value is -1.40. The van der Waals surface area contributed by atoms with Crippen LogP contribution in [-0.4, -0.2) is 0 Å². The van der Waals surface area contributed by atoms with Crippen molar-refractivity contribution in [2.24, 2.45) is 0 Å². The van der Waals surface area contributed by atoms with Crippen molar-refractivity contribution in [2.75, 3.05) is 0 Å². The van der Waals surface area contributed by atoms with Crippen LogP contribution < -0.4 is 24.8 Å². The zero-order valence-electron chi connectivity index (χ0n) is 14.6. The van der Waals surface area contributed by atoms with Gasteiger partial charge in [-0.3, -0.25) is 0 Å². The molecular formula is C24H18Cl2Zr. The van der Waals surface area contributed by atoms with Gasteiger partial charge in [-0.15, -0.1) is 0 Å². The van der Waals surface area contributed by atoms with Crippen LogP contribution in [0, 0.1) is 0 Å². The van der Waals surface area contributed by atoms with Crippen molar-refractivity contribution in [3.05, 3.63) is 107 Å². The summed E-state index contributed by atoms with van der Waals surface area (Å²) >= 11 is -0.652. The monoisotopic (exact) mass is 466 g/mol. The van der Waals surface area contributed by atoms with Crippen molar-refractivity contribution >= 4 is 12.2 Å². The van der Waals surface area contributed by atoms with Gasteiger partial charge in [0.05, 0.1) is 0 Å². The molecule has 3 aromatic carbocycles. The third-order valence-corrected chi connectivity index (χ3v) is 9.41. The Balaban J connectivity index is 0.00000105. The third-order valence-electron chi connectivity index (χ3n) is 5.17. The van der Waals surface area contributed by atoms with Crippen molar-refractivity contribution in [1.82, 2.24) is 0 Å². The van der Waals surface area contributed by atoms with Crippen LogP contribution in [0.4, 0.5) is 0 Å². The maximum Gasteiger partial charge on any atom is -1.00 e. The molecule has 0 aromatic heterocycles. The van der Waals surface area contributed by atoms with Gasteiger partial charge in [-0.25, -0.2) is 0 Å². The van der Waals surface area contributed by atoms with Gasteiger partial charge in [0.2, 0.25) is 0 Å². The summed E-state index contributed by atoms with van der Waals surface area (Å²) in [7, 11) is 0. The Morgan fingerprint density at radius 1 is 0.593 bits per heavy atom. The average molecular weight is 469 g/mol. The molecule has 0 aliphatic heterocycles. The summed E-state index contributed by atoms with van der Waals surface area (Å²) in [5, 5.41) is 0. The fourth-order valence-corrected chi connectivity index (χ4v) is 8.06. The molecule has 0 saturated heterocycles. The number of hydrogen-bond acceptors (Lipinski definition) is 0. The van der Waals surface area contributed by atoms with E-state index in [0.717, 1.165) is 0 Å². The topological polar surface area (TPSA) is 0 Å². The Morgan fingerprint density at radius 3 is 2.11 bits per heavy atom. The molecule has 3 aromatic rings. The average Bonchev–Trinajstić information content (AvgIpc) is 3.27. The van der Waals surface area contributed by atoms with Gasteiger partial charge >= 0.3 is 161 Å². The predicted octanol–water partition coefficient (Wildman–Crippen LogP) is 0.280. The molecule has 0 spiro atoms. The Bertz CT molecular complexity index is 992. The zero-order valence-corrected chi connectivity index (χ0v) is 18.6. The molecule has 0 N–H and O–H groups in total. The number of fused-ring (bicyclic) bond motifs is 2. The number of halogens is 2. The van der Waals surface area contributed by atoms with E-state index in [1.54, 1.807) is 11.1 Å². The maximum absolute atomic E-state index is 2.47. The van der Waals surface area contributed by atoms with E-state index in [1.807, 2.05) is 0 Å². The molecule has 3 heteroatoms. The molecule has 2 unspecified atom stereocenters. The summed E-state index contributed by atoms with van der Waals surface area (Å²) in [4.78, 5) is 0. The first-order valence-electron chi connectivity index (χ1n) is 8.80. The van der Waals surface area contributed by atoms with E-state index in [-0.39, 0.29) is 24.8 Å². The van der Waals surface area contributed by atoms with Gasteiger partial charge in [0.15, 0.2) is 0 Å². The molecule has 132 valence electrons. The number of benzene rings is 3. The van der Waals surface area contributed by atoms with Crippen molar-refractivity contribution in [3.63, 3.8) is 0 Å². The summed E-state index contributed by atoms with van der Waals surface area (Å²) in [6.45, 7) is 0. The van der Waals surface area contributed by atoms with Crippen molar-refractivity contribution < 1.29 is 48.0 Å². The molecule has 27 heavy (non-hydrogen) atoms. The van der Waals surface area contributed by atoms with E-state index < -0.39 is 23.2 Å². The first-order valence-corrected chi connectivity index (χ1v) is 11.6. The number of hydrogen-bond donors (Lipinski definition) is 0. The third kappa shape index (κ3) is 3.79. The number of allylic oxidation sites excluding steroid dienone is 2. The van der Waals surface area contributed by atoms with Gasteiger partial charge in [0.1, 0.15) is 0 Å². The van der Waals surface area contributed by atoms with Crippen LogP contribution in [0.5, 0.6) is 0 Å². The quantitative estimate of drug-likeness (QED) is 0.518. The van der Waals surface area contributed by atoms with Gasteiger partial charge < -0.3 is 24.8 Å². The molecule has 0 saturated carbocycles. The normalized spacial score (nSPS) is 18.1. The van der Waals surface area contributed by atoms with E-state index in [2.05, 4.69) is 97.1 Å². The SMILES string of the molecule is C1=C[CH]([Zr+2][CH]2C=Cc3c(-c4ccccc4)cccc32)c2ccccc21.[Cl-].[Cl-]. The Morgan fingerprint density at radius 2 is 1.26 bits per heavy atom. The van der Waals surface area contributed by atoms with E-state index in [1.165, 1.54) is 22.3 Å². The van der Waals surface area contributed by atoms with Gasteiger partial charge in [-0.2, -0.15) is 0 Å². The van der Waals surface area contributed by atoms with Gasteiger partial charge in [-0.05, 0) is 0 Å². The van der Waals surface area contributed by atoms with Crippen LogP contribution >= 0.6 is 0 Å². The van der Waals surface area contributed by atoms with Crippen molar-refractivity contribution in [3.8, 4) is 11.1 Å². The second-order valence-electron chi connectivity index (χ2n) is 6.64. The summed E-state index contributed by atoms with van der Waals surface area (Å²) in [6.07, 6.45) is 9.61. The Labute approximate surface area is 184 Å². The molecule has 0 nitrogen and oxygen atoms in total. The van der Waals surface area contributed by atoms with Crippen molar-refractivity contribution in [2.45, 2.75) is 7.25 Å². The van der Waals surface area contributed by atoms with E-state index in [4.69, 9.17) is 0 Å². The molecule has 0 amide bonds. The summed E-state index contributed by atoms with van der Waals surface area (Å²) in [5.74, 6) is 0. The largest absolute Gasteiger partial charge is 1.00 e. The minimum Gasteiger partial charge on any atom is -1.00 e. The zero-order chi connectivity index (χ0) is 16.6. The maximum atomic E-state index is 2.47. The first kappa shape index (κ1) is 20.3. The molecule has 5 rings (SSSR count). The van der Waals surface area contributed by atoms with Crippen LogP contribution in [0.15, 0.2) is 84.9 Å². The Kier molecular flexibility index (Phi) is 6.58. The molecule has 0 bridgehead atoms. The van der Waals surface area contributed by atoms with Crippen molar-refractivity contribution in [1.29, 1.82) is 0 Å². The van der Waals surface area contributed by atoms with Gasteiger partial charge in [0, 0.05) is 0 Å². The van der Waals surface area contributed by atoms with E-state index in [0.29, 0.717) is 7.25 Å². The van der Waals surface area contributed by atoms with Gasteiger partial charge in [0.25, 0.3) is 0 Å². The molecule has 2 atom stereocenters. The first-order chi connectivity index (χ1) is 12.4. The minimum absolute atomic E-state index is 0. The van der Waals surface area contributed by atoms with Crippen LogP contribution in [0.1, 0.15) is 29.5 Å². The van der Waals surface area contributed by atoms with E-state index >= 15 is 0 Å². The molecule has 0 fully saturated rings. The summed E-state index contributed by atoms with van der Waals surface area (Å²) < 4.78 is 1.36. The van der Waals surface area contributed by atoms with E-state index in [9.17, 15) is 0 Å². The fraction of sp³-hybridized carbons (Fsp3) is 0.0833. The van der Waals surface area contributed by atoms with Crippen LogP contribution in [0.2, 0.25) is 0 Å². The van der Waals surface area contributed by atoms with Gasteiger partial charge in [-0.1, -0.05) is 0 Å². The fourth-order valence-electron chi connectivity index (χ4n) is 3.94. The molecule has 0 radical (unpaired) electrons. The van der Waals surface area contributed by atoms with Crippen LogP contribution in [0.25, 0.3) is 23.3 Å². The summed E-state index contributed by atoms with van der Waals surface area (Å²) in [6, 6.07) is 26.5. The minimum atomic E-state index is -0.652. The smallest absolute Gasteiger partial charge is 1.00 e. The standard InChI is InChI=1S/C15H11.C9H7.2ClH.Zr/c1-2-6-12(7-3-1)14-10-4-8-13-9-5-11-15(13)14;1-2-5-9-7-3-6-8(9)4-1;;;/h1-11H;1-7H;2*1H;/q;;;;+2/p-2. The molecule has 2 aliphatic carbocycles. The predicted molar refractivity (Wildman–Crippen MR) is 102 cm³/mol. The molecular weight excluding hydrogens is 450 g/mol. The number of rotatable bonds is 3.